The third kappa shape index (κ3) is 4.57. The van der Waals surface area contributed by atoms with Crippen molar-refractivity contribution in [2.75, 3.05) is 13.1 Å². The number of likely N-dealkylation sites (tertiary alicyclic amines) is 1. The van der Waals surface area contributed by atoms with Gasteiger partial charge in [0, 0.05) is 26.1 Å². The predicted molar refractivity (Wildman–Crippen MR) is 86.9 cm³/mol. The molecule has 1 fully saturated rings. The fourth-order valence-corrected chi connectivity index (χ4v) is 3.04. The number of rotatable bonds is 8. The van der Waals surface area contributed by atoms with Crippen molar-refractivity contribution in [2.45, 2.75) is 65.2 Å². The average molecular weight is 334 g/mol. The Hall–Kier alpha value is -1.87. The number of hydrogen-bond acceptors (Lipinski definition) is 8. The SMILES string of the molecule is CCCCn1nnnc1CN[C@H]1CCCN(Cc2noc(C)n2)C1. The maximum Gasteiger partial charge on any atom is 0.223 e. The Morgan fingerprint density at radius 2 is 2.29 bits per heavy atom. The average Bonchev–Trinajstić information content (AvgIpc) is 3.20. The summed E-state index contributed by atoms with van der Waals surface area (Å²) in [6.45, 7) is 8.36. The zero-order valence-corrected chi connectivity index (χ0v) is 14.5. The summed E-state index contributed by atoms with van der Waals surface area (Å²) >= 11 is 0. The van der Waals surface area contributed by atoms with Crippen molar-refractivity contribution in [2.24, 2.45) is 0 Å². The lowest BCUT2D eigenvalue weighted by Gasteiger charge is -2.32. The zero-order chi connectivity index (χ0) is 16.8. The first-order valence-corrected chi connectivity index (χ1v) is 8.74. The molecule has 9 heteroatoms. The molecule has 3 heterocycles. The van der Waals surface area contributed by atoms with Gasteiger partial charge in [0.1, 0.15) is 0 Å². The van der Waals surface area contributed by atoms with E-state index in [1.165, 1.54) is 0 Å². The van der Waals surface area contributed by atoms with Crippen LogP contribution in [0.1, 0.15) is 50.1 Å². The highest BCUT2D eigenvalue weighted by atomic mass is 16.5. The fourth-order valence-electron chi connectivity index (χ4n) is 3.04. The molecule has 0 spiro atoms. The number of nitrogens with one attached hydrogen (secondary N) is 1. The van der Waals surface area contributed by atoms with Gasteiger partial charge in [-0.25, -0.2) is 4.68 Å². The summed E-state index contributed by atoms with van der Waals surface area (Å²) in [7, 11) is 0. The first-order valence-electron chi connectivity index (χ1n) is 8.74. The van der Waals surface area contributed by atoms with E-state index in [0.717, 1.165) is 63.5 Å². The molecule has 1 saturated heterocycles. The van der Waals surface area contributed by atoms with Crippen LogP contribution in [-0.2, 0) is 19.6 Å². The first-order chi connectivity index (χ1) is 11.7. The Labute approximate surface area is 141 Å². The van der Waals surface area contributed by atoms with Crippen molar-refractivity contribution < 1.29 is 4.52 Å². The van der Waals surface area contributed by atoms with Gasteiger partial charge in [0.15, 0.2) is 11.6 Å². The molecule has 1 aliphatic heterocycles. The van der Waals surface area contributed by atoms with Crippen molar-refractivity contribution in [3.63, 3.8) is 0 Å². The van der Waals surface area contributed by atoms with Gasteiger partial charge in [-0.1, -0.05) is 18.5 Å². The van der Waals surface area contributed by atoms with Crippen molar-refractivity contribution in [1.29, 1.82) is 0 Å². The number of tetrazole rings is 1. The summed E-state index contributed by atoms with van der Waals surface area (Å²) in [5.74, 6) is 2.29. The largest absolute Gasteiger partial charge is 0.340 e. The summed E-state index contributed by atoms with van der Waals surface area (Å²) in [5, 5.41) is 19.6. The summed E-state index contributed by atoms with van der Waals surface area (Å²) in [4.78, 5) is 6.65. The molecule has 3 rings (SSSR count). The van der Waals surface area contributed by atoms with E-state index in [-0.39, 0.29) is 0 Å². The van der Waals surface area contributed by atoms with E-state index >= 15 is 0 Å². The third-order valence-electron chi connectivity index (χ3n) is 4.32. The molecule has 0 amide bonds. The lowest BCUT2D eigenvalue weighted by atomic mass is 10.1. The standard InChI is InChI=1S/C15H26N8O/c1-3-4-8-23-15(18-20-21-23)9-16-13-6-5-7-22(10-13)11-14-17-12(2)24-19-14/h13,16H,3-11H2,1-2H3/t13-/m0/s1. The van der Waals surface area contributed by atoms with E-state index in [2.05, 4.69) is 42.8 Å². The predicted octanol–water partition coefficient (Wildman–Crippen LogP) is 0.919. The van der Waals surface area contributed by atoms with Crippen LogP contribution in [0.2, 0.25) is 0 Å². The molecule has 1 atom stereocenters. The molecule has 24 heavy (non-hydrogen) atoms. The normalized spacial score (nSPS) is 19.0. The third-order valence-corrected chi connectivity index (χ3v) is 4.32. The van der Waals surface area contributed by atoms with Gasteiger partial charge >= 0.3 is 0 Å². The van der Waals surface area contributed by atoms with Crippen molar-refractivity contribution in [3.05, 3.63) is 17.5 Å². The van der Waals surface area contributed by atoms with Crippen LogP contribution in [0.3, 0.4) is 0 Å². The molecule has 0 bridgehead atoms. The quantitative estimate of drug-likeness (QED) is 0.761. The van der Waals surface area contributed by atoms with E-state index in [1.807, 2.05) is 11.6 Å². The minimum Gasteiger partial charge on any atom is -0.340 e. The lowest BCUT2D eigenvalue weighted by Crippen LogP contribution is -2.45. The minimum absolute atomic E-state index is 0.433. The first kappa shape index (κ1) is 17.0. The van der Waals surface area contributed by atoms with E-state index in [9.17, 15) is 0 Å². The molecule has 1 aliphatic rings. The van der Waals surface area contributed by atoms with Gasteiger partial charge in [-0.2, -0.15) is 4.98 Å². The van der Waals surface area contributed by atoms with Crippen LogP contribution < -0.4 is 5.32 Å². The number of piperidine rings is 1. The Bertz CT molecular complexity index is 625. The second-order valence-electron chi connectivity index (χ2n) is 6.36. The molecule has 2 aromatic heterocycles. The van der Waals surface area contributed by atoms with Gasteiger partial charge in [0.2, 0.25) is 5.89 Å². The highest BCUT2D eigenvalue weighted by Crippen LogP contribution is 2.13. The van der Waals surface area contributed by atoms with Gasteiger partial charge in [-0.15, -0.1) is 5.10 Å². The molecule has 0 aromatic carbocycles. The Balaban J connectivity index is 1.48. The lowest BCUT2D eigenvalue weighted by molar-refractivity contribution is 0.176. The zero-order valence-electron chi connectivity index (χ0n) is 14.5. The molecule has 132 valence electrons. The molecule has 0 aliphatic carbocycles. The topological polar surface area (TPSA) is 97.8 Å². The molecule has 0 unspecified atom stereocenters. The fraction of sp³-hybridized carbons (Fsp3) is 0.800. The van der Waals surface area contributed by atoms with Crippen LogP contribution in [0, 0.1) is 6.92 Å². The van der Waals surface area contributed by atoms with Crippen LogP contribution in [0.25, 0.3) is 0 Å². The molecule has 0 radical (unpaired) electrons. The number of nitrogens with zero attached hydrogens (tertiary/aromatic N) is 7. The molecule has 1 N–H and O–H groups in total. The van der Waals surface area contributed by atoms with Crippen molar-refractivity contribution in [3.8, 4) is 0 Å². The molecule has 9 nitrogen and oxygen atoms in total. The second kappa shape index (κ2) is 8.29. The van der Waals surface area contributed by atoms with Gasteiger partial charge in [0.25, 0.3) is 0 Å². The van der Waals surface area contributed by atoms with Crippen molar-refractivity contribution >= 4 is 0 Å². The number of aromatic nitrogens is 6. The van der Waals surface area contributed by atoms with Crippen LogP contribution >= 0.6 is 0 Å². The maximum atomic E-state index is 5.05. The minimum atomic E-state index is 0.433. The van der Waals surface area contributed by atoms with Crippen LogP contribution in [0.5, 0.6) is 0 Å². The molecule has 2 aromatic rings. The highest BCUT2D eigenvalue weighted by Gasteiger charge is 2.21. The van der Waals surface area contributed by atoms with E-state index in [0.29, 0.717) is 18.5 Å². The summed E-state index contributed by atoms with van der Waals surface area (Å²) in [5.41, 5.74) is 0. The summed E-state index contributed by atoms with van der Waals surface area (Å²) in [6, 6.07) is 0.433. The summed E-state index contributed by atoms with van der Waals surface area (Å²) in [6.07, 6.45) is 4.56. The highest BCUT2D eigenvalue weighted by molar-refractivity contribution is 4.88. The van der Waals surface area contributed by atoms with E-state index < -0.39 is 0 Å². The smallest absolute Gasteiger partial charge is 0.223 e. The van der Waals surface area contributed by atoms with E-state index in [1.54, 1.807) is 0 Å². The van der Waals surface area contributed by atoms with Crippen LogP contribution in [-0.4, -0.2) is 54.4 Å². The monoisotopic (exact) mass is 334 g/mol. The van der Waals surface area contributed by atoms with Gasteiger partial charge in [0.05, 0.1) is 13.1 Å². The molecule has 0 saturated carbocycles. The van der Waals surface area contributed by atoms with Crippen LogP contribution in [0.15, 0.2) is 4.52 Å². The number of aryl methyl sites for hydroxylation is 2. The second-order valence-corrected chi connectivity index (χ2v) is 6.36. The van der Waals surface area contributed by atoms with Gasteiger partial charge in [-0.3, -0.25) is 4.90 Å². The number of hydrogen-bond donors (Lipinski definition) is 1. The van der Waals surface area contributed by atoms with Crippen LogP contribution in [0.4, 0.5) is 0 Å². The Morgan fingerprint density at radius 3 is 3.08 bits per heavy atom. The van der Waals surface area contributed by atoms with Gasteiger partial charge < -0.3 is 9.84 Å². The molecular weight excluding hydrogens is 308 g/mol. The van der Waals surface area contributed by atoms with Gasteiger partial charge in [-0.05, 0) is 36.2 Å². The van der Waals surface area contributed by atoms with E-state index in [4.69, 9.17) is 4.52 Å². The number of unbranched alkanes of at least 4 members (excludes halogenated alkanes) is 1. The van der Waals surface area contributed by atoms with Crippen molar-refractivity contribution in [1.82, 2.24) is 40.6 Å². The molecular formula is C15H26N8O. The Morgan fingerprint density at radius 1 is 1.38 bits per heavy atom. The Kier molecular flexibility index (Phi) is 5.86. The maximum absolute atomic E-state index is 5.05. The summed E-state index contributed by atoms with van der Waals surface area (Å²) < 4.78 is 6.95.